The molecule has 20 heavy (non-hydrogen) atoms. The van der Waals surface area contributed by atoms with Gasteiger partial charge < -0.3 is 10.1 Å². The molecule has 3 aliphatic rings. The highest BCUT2D eigenvalue weighted by molar-refractivity contribution is 6.30. The fourth-order valence-corrected chi connectivity index (χ4v) is 3.53. The van der Waals surface area contributed by atoms with Gasteiger partial charge >= 0.3 is 0 Å². The number of carbonyl (C=O) groups excluding carboxylic acids is 1. The highest BCUT2D eigenvalue weighted by Crippen LogP contribution is 2.45. The van der Waals surface area contributed by atoms with E-state index in [9.17, 15) is 4.79 Å². The van der Waals surface area contributed by atoms with E-state index in [4.69, 9.17) is 16.3 Å². The van der Waals surface area contributed by atoms with E-state index < -0.39 is 0 Å². The van der Waals surface area contributed by atoms with E-state index in [1.54, 1.807) is 0 Å². The van der Waals surface area contributed by atoms with E-state index in [0.29, 0.717) is 11.6 Å². The maximum Gasteiger partial charge on any atom is 0.228 e. The summed E-state index contributed by atoms with van der Waals surface area (Å²) in [6, 6.07) is 5.67. The molecule has 0 spiro atoms. The summed E-state index contributed by atoms with van der Waals surface area (Å²) in [6.45, 7) is 0.644. The van der Waals surface area contributed by atoms with Crippen LogP contribution in [0.4, 0.5) is 0 Å². The number of benzene rings is 1. The molecule has 0 bridgehead atoms. The molecule has 4 rings (SSSR count). The molecule has 1 aromatic rings. The number of halogens is 1. The van der Waals surface area contributed by atoms with Crippen LogP contribution >= 0.6 is 11.6 Å². The van der Waals surface area contributed by atoms with Crippen molar-refractivity contribution in [2.45, 2.75) is 18.8 Å². The van der Waals surface area contributed by atoms with Crippen molar-refractivity contribution in [1.82, 2.24) is 5.32 Å². The standard InChI is InChI=1S/C16H14ClNO2/c17-9-5-6-14-11(7-9)12-8-18-16(19)15(12)10-3-1-2-4-13(10)20-14/h1,3,5-7,12,15H,2,4,8H2,(H,18,19)/t12-,15-/m1/s1. The third-order valence-corrected chi connectivity index (χ3v) is 4.51. The lowest BCUT2D eigenvalue weighted by molar-refractivity contribution is -0.121. The molecule has 0 radical (unpaired) electrons. The van der Waals surface area contributed by atoms with Crippen molar-refractivity contribution in [2.75, 3.05) is 6.54 Å². The van der Waals surface area contributed by atoms with E-state index in [2.05, 4.69) is 17.5 Å². The minimum Gasteiger partial charge on any atom is -0.461 e. The number of hydrogen-bond acceptors (Lipinski definition) is 2. The van der Waals surface area contributed by atoms with E-state index in [-0.39, 0.29) is 17.7 Å². The summed E-state index contributed by atoms with van der Waals surface area (Å²) in [5.74, 6) is 1.81. The largest absolute Gasteiger partial charge is 0.461 e. The normalized spacial score (nSPS) is 27.1. The molecule has 2 heterocycles. The second kappa shape index (κ2) is 4.38. The van der Waals surface area contributed by atoms with Gasteiger partial charge in [0, 0.05) is 35.0 Å². The predicted octanol–water partition coefficient (Wildman–Crippen LogP) is 3.17. The molecule has 102 valence electrons. The van der Waals surface area contributed by atoms with Crippen LogP contribution in [0.15, 0.2) is 41.7 Å². The third kappa shape index (κ3) is 1.70. The van der Waals surface area contributed by atoms with Crippen LogP contribution in [-0.2, 0) is 4.79 Å². The van der Waals surface area contributed by atoms with Gasteiger partial charge in [0.2, 0.25) is 5.91 Å². The lowest BCUT2D eigenvalue weighted by atomic mass is 9.81. The predicted molar refractivity (Wildman–Crippen MR) is 76.7 cm³/mol. The van der Waals surface area contributed by atoms with Crippen LogP contribution in [0.3, 0.4) is 0 Å². The highest BCUT2D eigenvalue weighted by Gasteiger charge is 2.42. The zero-order valence-corrected chi connectivity index (χ0v) is 11.6. The van der Waals surface area contributed by atoms with Gasteiger partial charge in [-0.3, -0.25) is 4.79 Å². The molecule has 0 aromatic heterocycles. The first-order chi connectivity index (χ1) is 9.74. The summed E-state index contributed by atoms with van der Waals surface area (Å²) in [5.41, 5.74) is 2.06. The van der Waals surface area contributed by atoms with E-state index >= 15 is 0 Å². The number of amides is 1. The van der Waals surface area contributed by atoms with Crippen LogP contribution in [0, 0.1) is 5.92 Å². The van der Waals surface area contributed by atoms with Crippen molar-refractivity contribution in [3.63, 3.8) is 0 Å². The number of carbonyl (C=O) groups is 1. The third-order valence-electron chi connectivity index (χ3n) is 4.28. The summed E-state index contributed by atoms with van der Waals surface area (Å²) in [5, 5.41) is 3.66. The van der Waals surface area contributed by atoms with Crippen molar-refractivity contribution < 1.29 is 9.53 Å². The van der Waals surface area contributed by atoms with Crippen LogP contribution < -0.4 is 10.1 Å². The Balaban J connectivity index is 1.92. The first kappa shape index (κ1) is 12.0. The van der Waals surface area contributed by atoms with Gasteiger partial charge in [-0.25, -0.2) is 0 Å². The maximum atomic E-state index is 12.2. The van der Waals surface area contributed by atoms with E-state index in [1.165, 1.54) is 0 Å². The van der Waals surface area contributed by atoms with Gasteiger partial charge in [0.15, 0.2) is 0 Å². The van der Waals surface area contributed by atoms with Gasteiger partial charge in [0.1, 0.15) is 11.5 Å². The van der Waals surface area contributed by atoms with Crippen molar-refractivity contribution in [2.24, 2.45) is 5.92 Å². The molecule has 1 saturated heterocycles. The van der Waals surface area contributed by atoms with Gasteiger partial charge in [0.05, 0.1) is 5.92 Å². The number of ether oxygens (including phenoxy) is 1. The summed E-state index contributed by atoms with van der Waals surface area (Å²) >= 11 is 6.12. The number of allylic oxidation sites excluding steroid dienone is 3. The van der Waals surface area contributed by atoms with E-state index in [1.807, 2.05) is 18.2 Å². The Bertz CT molecular complexity index is 662. The Hall–Kier alpha value is -1.74. The number of rotatable bonds is 0. The summed E-state index contributed by atoms with van der Waals surface area (Å²) < 4.78 is 6.09. The Labute approximate surface area is 122 Å². The Morgan fingerprint density at radius 3 is 3.15 bits per heavy atom. The second-order valence-electron chi connectivity index (χ2n) is 5.43. The van der Waals surface area contributed by atoms with Gasteiger partial charge in [-0.15, -0.1) is 0 Å². The molecule has 1 aliphatic carbocycles. The summed E-state index contributed by atoms with van der Waals surface area (Å²) in [6.07, 6.45) is 5.98. The topological polar surface area (TPSA) is 38.3 Å². The molecule has 2 atom stereocenters. The van der Waals surface area contributed by atoms with Crippen molar-refractivity contribution in [3.8, 4) is 5.75 Å². The number of fused-ring (bicyclic) bond motifs is 4. The van der Waals surface area contributed by atoms with Crippen LogP contribution in [0.2, 0.25) is 5.02 Å². The van der Waals surface area contributed by atoms with Gasteiger partial charge in [-0.2, -0.15) is 0 Å². The summed E-state index contributed by atoms with van der Waals surface area (Å²) in [7, 11) is 0. The zero-order valence-electron chi connectivity index (χ0n) is 10.9. The van der Waals surface area contributed by atoms with Crippen LogP contribution in [0.25, 0.3) is 0 Å². The lowest BCUT2D eigenvalue weighted by Crippen LogP contribution is -2.22. The lowest BCUT2D eigenvalue weighted by Gasteiger charge is -2.18. The Kier molecular flexibility index (Phi) is 2.64. The van der Waals surface area contributed by atoms with Gasteiger partial charge in [-0.05, 0) is 24.6 Å². The molecule has 1 N–H and O–H groups in total. The van der Waals surface area contributed by atoms with Gasteiger partial charge in [0.25, 0.3) is 0 Å². The second-order valence-corrected chi connectivity index (χ2v) is 5.87. The molecular weight excluding hydrogens is 274 g/mol. The van der Waals surface area contributed by atoms with Crippen molar-refractivity contribution in [3.05, 3.63) is 52.3 Å². The van der Waals surface area contributed by atoms with Gasteiger partial charge in [-0.1, -0.05) is 23.8 Å². The van der Waals surface area contributed by atoms with Crippen LogP contribution in [0.1, 0.15) is 24.3 Å². The molecule has 2 aliphatic heterocycles. The Morgan fingerprint density at radius 1 is 1.35 bits per heavy atom. The molecule has 4 heteroatoms. The van der Waals surface area contributed by atoms with Crippen LogP contribution in [0.5, 0.6) is 5.75 Å². The van der Waals surface area contributed by atoms with Crippen LogP contribution in [-0.4, -0.2) is 12.5 Å². The minimum atomic E-state index is -0.152. The monoisotopic (exact) mass is 287 g/mol. The SMILES string of the molecule is O=C1NC[C@@H]2c3cc(Cl)ccc3OC3=C(C=CCC3)[C@@H]12. The number of hydrogen-bond donors (Lipinski definition) is 1. The molecule has 3 nitrogen and oxygen atoms in total. The Morgan fingerprint density at radius 2 is 2.25 bits per heavy atom. The van der Waals surface area contributed by atoms with E-state index in [0.717, 1.165) is 35.5 Å². The molecule has 1 amide bonds. The highest BCUT2D eigenvalue weighted by atomic mass is 35.5. The fraction of sp³-hybridized carbons (Fsp3) is 0.312. The number of nitrogens with one attached hydrogen (secondary N) is 1. The first-order valence-electron chi connectivity index (χ1n) is 6.88. The molecule has 1 aromatic carbocycles. The van der Waals surface area contributed by atoms with Crippen molar-refractivity contribution >= 4 is 17.5 Å². The average Bonchev–Trinajstić information content (AvgIpc) is 2.76. The smallest absolute Gasteiger partial charge is 0.228 e. The molecular formula is C16H14ClNO2. The maximum absolute atomic E-state index is 12.2. The fourth-order valence-electron chi connectivity index (χ4n) is 3.35. The molecule has 0 saturated carbocycles. The average molecular weight is 288 g/mol. The quantitative estimate of drug-likeness (QED) is 0.796. The molecule has 0 unspecified atom stereocenters. The molecule has 1 fully saturated rings. The minimum absolute atomic E-state index is 0.0884. The zero-order chi connectivity index (χ0) is 13.7. The van der Waals surface area contributed by atoms with Crippen molar-refractivity contribution in [1.29, 1.82) is 0 Å². The summed E-state index contributed by atoms with van der Waals surface area (Å²) in [4.78, 5) is 12.2. The first-order valence-corrected chi connectivity index (χ1v) is 7.26.